The number of carbonyl (C=O) groups excluding carboxylic acids is 1. The summed E-state index contributed by atoms with van der Waals surface area (Å²) in [6, 6.07) is 0. The lowest BCUT2D eigenvalue weighted by Crippen LogP contribution is -2.52. The molecule has 4 saturated carbocycles. The highest BCUT2D eigenvalue weighted by Gasteiger charge is 2.53. The number of hydrogen-bond acceptors (Lipinski definition) is 5. The molecule has 10 nitrogen and oxygen atoms in total. The van der Waals surface area contributed by atoms with Gasteiger partial charge in [0.2, 0.25) is 5.91 Å². The Labute approximate surface area is 198 Å². The zero-order valence-electron chi connectivity index (χ0n) is 20.1. The lowest BCUT2D eigenvalue weighted by molar-refractivity contribution is -0.142. The Balaban J connectivity index is 0.000000200. The zero-order valence-corrected chi connectivity index (χ0v) is 20.1. The van der Waals surface area contributed by atoms with E-state index in [1.54, 1.807) is 0 Å². The Kier molecular flexibility index (Phi) is 9.19. The summed E-state index contributed by atoms with van der Waals surface area (Å²) in [6.45, 7) is 7.93. The van der Waals surface area contributed by atoms with Gasteiger partial charge in [0.1, 0.15) is 0 Å². The summed E-state index contributed by atoms with van der Waals surface area (Å²) >= 11 is 0. The minimum Gasteiger partial charge on any atom is -0.370 e. The summed E-state index contributed by atoms with van der Waals surface area (Å²) in [5, 5.41) is 0. The molecule has 33 heavy (non-hydrogen) atoms. The highest BCUT2D eigenvalue weighted by atomic mass is 16.1. The largest absolute Gasteiger partial charge is 0.370 e. The molecule has 0 unspecified atom stereocenters. The van der Waals surface area contributed by atoms with E-state index in [9.17, 15) is 4.79 Å². The van der Waals surface area contributed by atoms with E-state index in [0.717, 1.165) is 89.1 Å². The molecular formula is C23H45N9O. The van der Waals surface area contributed by atoms with Gasteiger partial charge >= 0.3 is 0 Å². The number of nitrogens with zero attached hydrogens (tertiary/aromatic N) is 4. The van der Waals surface area contributed by atoms with Crippen molar-refractivity contribution < 1.29 is 4.79 Å². The fraction of sp³-hybridized carbons (Fsp3) is 0.870. The minimum absolute atomic E-state index is 0.00778. The lowest BCUT2D eigenvalue weighted by atomic mass is 9.49. The van der Waals surface area contributed by atoms with E-state index in [2.05, 4.69) is 19.8 Å². The van der Waals surface area contributed by atoms with E-state index in [1.165, 1.54) is 19.3 Å². The van der Waals surface area contributed by atoms with Crippen molar-refractivity contribution in [2.45, 2.75) is 51.4 Å². The summed E-state index contributed by atoms with van der Waals surface area (Å²) in [4.78, 5) is 24.4. The second kappa shape index (κ2) is 11.9. The van der Waals surface area contributed by atoms with Crippen LogP contribution >= 0.6 is 0 Å². The van der Waals surface area contributed by atoms with Crippen molar-refractivity contribution in [1.82, 2.24) is 9.80 Å². The summed E-state index contributed by atoms with van der Waals surface area (Å²) in [5.41, 5.74) is 26.6. The molecule has 0 atom stereocenters. The molecule has 1 aliphatic heterocycles. The van der Waals surface area contributed by atoms with Gasteiger partial charge in [0.15, 0.2) is 11.9 Å². The molecule has 0 aromatic heterocycles. The van der Waals surface area contributed by atoms with Gasteiger partial charge in [0.25, 0.3) is 0 Å². The van der Waals surface area contributed by atoms with E-state index in [-0.39, 0.29) is 23.2 Å². The van der Waals surface area contributed by atoms with E-state index in [1.807, 2.05) is 0 Å². The van der Waals surface area contributed by atoms with Gasteiger partial charge in [0.05, 0.1) is 0 Å². The summed E-state index contributed by atoms with van der Waals surface area (Å²) in [5.74, 6) is 2.84. The Hall–Kier alpha value is -2.07. The maximum absolute atomic E-state index is 11.5. The quantitative estimate of drug-likeness (QED) is 0.176. The molecule has 188 valence electrons. The summed E-state index contributed by atoms with van der Waals surface area (Å²) < 4.78 is 0. The van der Waals surface area contributed by atoms with E-state index >= 15 is 0 Å². The van der Waals surface area contributed by atoms with Gasteiger partial charge in [-0.15, -0.1) is 0 Å². The molecule has 10 heteroatoms. The SMILES string of the molecule is NC(=O)C12CC3CC(CC(C3)C1)C2.NC(N)=NCCCN1CCN(CCCN=C(N)N)CC1. The first-order valence-corrected chi connectivity index (χ1v) is 12.6. The van der Waals surface area contributed by atoms with E-state index < -0.39 is 0 Å². The van der Waals surface area contributed by atoms with Crippen molar-refractivity contribution in [2.75, 3.05) is 52.4 Å². The van der Waals surface area contributed by atoms with Gasteiger partial charge in [0, 0.05) is 57.8 Å². The van der Waals surface area contributed by atoms with Crippen molar-refractivity contribution in [3.8, 4) is 0 Å². The summed E-state index contributed by atoms with van der Waals surface area (Å²) in [6.07, 6.45) is 9.47. The van der Waals surface area contributed by atoms with Crippen LogP contribution in [-0.4, -0.2) is 80.0 Å². The molecule has 0 aromatic rings. The molecule has 4 aliphatic carbocycles. The molecule has 4 bridgehead atoms. The molecule has 0 radical (unpaired) electrons. The van der Waals surface area contributed by atoms with Crippen LogP contribution in [-0.2, 0) is 4.79 Å². The Morgan fingerprint density at radius 2 is 1.06 bits per heavy atom. The number of piperazine rings is 1. The average molecular weight is 464 g/mol. The first kappa shape index (κ1) is 25.6. The summed E-state index contributed by atoms with van der Waals surface area (Å²) in [7, 11) is 0. The van der Waals surface area contributed by atoms with Crippen LogP contribution in [0.15, 0.2) is 9.98 Å². The number of hydrogen-bond donors (Lipinski definition) is 5. The van der Waals surface area contributed by atoms with Crippen molar-refractivity contribution in [3.63, 3.8) is 0 Å². The molecule has 0 spiro atoms. The van der Waals surface area contributed by atoms with Crippen LogP contribution in [0.4, 0.5) is 0 Å². The fourth-order valence-electron chi connectivity index (χ4n) is 6.65. The first-order valence-electron chi connectivity index (χ1n) is 12.6. The van der Waals surface area contributed by atoms with Crippen LogP contribution in [0.25, 0.3) is 0 Å². The van der Waals surface area contributed by atoms with Gasteiger partial charge in [-0.1, -0.05) is 0 Å². The van der Waals surface area contributed by atoms with Crippen molar-refractivity contribution >= 4 is 17.8 Å². The van der Waals surface area contributed by atoms with Gasteiger partial charge in [-0.05, 0) is 69.1 Å². The second-order valence-corrected chi connectivity index (χ2v) is 10.6. The number of carbonyl (C=O) groups is 1. The van der Waals surface area contributed by atoms with Gasteiger partial charge in [-0.25, -0.2) is 0 Å². The predicted octanol–water partition coefficient (Wildman–Crippen LogP) is -0.381. The van der Waals surface area contributed by atoms with Crippen LogP contribution in [0.3, 0.4) is 0 Å². The number of rotatable bonds is 9. The molecule has 5 rings (SSSR count). The third-order valence-corrected chi connectivity index (χ3v) is 7.88. The molecule has 1 saturated heterocycles. The molecule has 0 aromatic carbocycles. The Bertz CT molecular complexity index is 625. The maximum atomic E-state index is 11.5. The van der Waals surface area contributed by atoms with Crippen LogP contribution in [0.2, 0.25) is 0 Å². The molecular weight excluding hydrogens is 418 g/mol. The van der Waals surface area contributed by atoms with Gasteiger partial charge in [-0.3, -0.25) is 14.8 Å². The van der Waals surface area contributed by atoms with Crippen LogP contribution in [0.5, 0.6) is 0 Å². The third kappa shape index (κ3) is 7.74. The normalized spacial score (nSPS) is 30.8. The van der Waals surface area contributed by atoms with Crippen molar-refractivity contribution in [3.05, 3.63) is 0 Å². The number of nitrogens with two attached hydrogens (primary N) is 5. The van der Waals surface area contributed by atoms with E-state index in [4.69, 9.17) is 28.7 Å². The molecule has 10 N–H and O–H groups in total. The smallest absolute Gasteiger partial charge is 0.223 e. The average Bonchev–Trinajstić information content (AvgIpc) is 2.74. The molecule has 1 amide bonds. The molecule has 5 aliphatic rings. The maximum Gasteiger partial charge on any atom is 0.223 e. The molecule has 1 heterocycles. The highest BCUT2D eigenvalue weighted by Crippen LogP contribution is 2.59. The number of amides is 1. The monoisotopic (exact) mass is 463 g/mol. The van der Waals surface area contributed by atoms with Crippen molar-refractivity contribution in [1.29, 1.82) is 0 Å². The second-order valence-electron chi connectivity index (χ2n) is 10.6. The fourth-order valence-corrected chi connectivity index (χ4v) is 6.65. The third-order valence-electron chi connectivity index (χ3n) is 7.88. The number of aliphatic imine (C=N–C) groups is 2. The Morgan fingerprint density at radius 1 is 0.697 bits per heavy atom. The van der Waals surface area contributed by atoms with Crippen LogP contribution in [0.1, 0.15) is 51.4 Å². The van der Waals surface area contributed by atoms with Gasteiger partial charge in [-0.2, -0.15) is 0 Å². The molecule has 5 fully saturated rings. The highest BCUT2D eigenvalue weighted by molar-refractivity contribution is 5.81. The Morgan fingerprint density at radius 3 is 1.36 bits per heavy atom. The standard InChI is InChI=1S/C12H28N8.C11H17NO/c13-11(14)17-3-1-5-19-7-9-20(10-8-19)6-2-4-18-12(15)16;12-10(13)11-4-7-1-8(5-11)3-9(2-7)6-11/h1-10H2,(H4,13,14,17)(H4,15,16,18);7-9H,1-6H2,(H2,12,13). The first-order chi connectivity index (χ1) is 15.8. The number of guanidine groups is 2. The van der Waals surface area contributed by atoms with Gasteiger partial charge < -0.3 is 38.5 Å². The van der Waals surface area contributed by atoms with Crippen LogP contribution in [0, 0.1) is 23.2 Å². The van der Waals surface area contributed by atoms with E-state index in [0.29, 0.717) is 13.1 Å². The number of primary amides is 1. The zero-order chi connectivity index (χ0) is 23.8. The minimum atomic E-state index is -0.0608. The van der Waals surface area contributed by atoms with Crippen LogP contribution < -0.4 is 28.7 Å². The lowest BCUT2D eigenvalue weighted by Gasteiger charge is -2.55. The van der Waals surface area contributed by atoms with Crippen molar-refractivity contribution in [2.24, 2.45) is 61.8 Å². The predicted molar refractivity (Wildman–Crippen MR) is 133 cm³/mol. The topological polar surface area (TPSA) is 178 Å².